The number of nitrogens with zero attached hydrogens (tertiary/aromatic N) is 4. The lowest BCUT2D eigenvalue weighted by Crippen LogP contribution is -2.39. The van der Waals surface area contributed by atoms with Gasteiger partial charge in [-0.3, -0.25) is 24.2 Å². The molecule has 0 spiro atoms. The molecule has 2 aliphatic rings. The van der Waals surface area contributed by atoms with Gasteiger partial charge in [0.15, 0.2) is 5.13 Å². The Balaban J connectivity index is 1.33. The molecule has 11 heteroatoms. The number of amides is 2. The molecule has 220 valence electrons. The maximum absolute atomic E-state index is 15.7. The van der Waals surface area contributed by atoms with Gasteiger partial charge in [0.1, 0.15) is 11.5 Å². The largest absolute Gasteiger partial charge is 0.481 e. The second-order valence-corrected chi connectivity index (χ2v) is 12.2. The first-order chi connectivity index (χ1) is 20.8. The lowest BCUT2D eigenvalue weighted by Gasteiger charge is -2.24. The molecule has 1 N–H and O–H groups in total. The van der Waals surface area contributed by atoms with Crippen LogP contribution in [0, 0.1) is 11.0 Å². The van der Waals surface area contributed by atoms with Crippen molar-refractivity contribution in [2.75, 3.05) is 16.3 Å². The molecule has 6 rings (SSSR count). The molecule has 4 aromatic rings. The van der Waals surface area contributed by atoms with Gasteiger partial charge in [-0.1, -0.05) is 59.3 Å². The monoisotopic (exact) mass is 618 g/mol. The van der Waals surface area contributed by atoms with Gasteiger partial charge < -0.3 is 5.11 Å². The molecule has 1 saturated heterocycles. The molecule has 2 aromatic carbocycles. The predicted molar refractivity (Wildman–Crippen MR) is 164 cm³/mol. The molecule has 1 atom stereocenters. The van der Waals surface area contributed by atoms with Gasteiger partial charge in [-0.2, -0.15) is 4.39 Å². The summed E-state index contributed by atoms with van der Waals surface area (Å²) in [6, 6.07) is 17.8. The first-order valence-electron chi connectivity index (χ1n) is 14.1. The molecule has 8 nitrogen and oxygen atoms in total. The SMILES string of the molecule is O=C(O)CC(Cc1ccccc1)C(=O)N(c1nc(-c2cc(Cl)ccc2-c2ccc(N3CCCC3=O)nc2)c(F)s1)C1CC1. The van der Waals surface area contributed by atoms with Gasteiger partial charge in [0, 0.05) is 41.4 Å². The highest BCUT2D eigenvalue weighted by molar-refractivity contribution is 7.14. The molecule has 43 heavy (non-hydrogen) atoms. The smallest absolute Gasteiger partial charge is 0.304 e. The summed E-state index contributed by atoms with van der Waals surface area (Å²) in [5, 5.41) is 9.59. The van der Waals surface area contributed by atoms with E-state index in [0.29, 0.717) is 40.5 Å². The third-order valence-electron chi connectivity index (χ3n) is 7.67. The molecular formula is C32H28ClFN4O4S. The van der Waals surface area contributed by atoms with Gasteiger partial charge in [-0.05, 0) is 61.1 Å². The molecule has 1 unspecified atom stereocenters. The molecule has 3 heterocycles. The minimum absolute atomic E-state index is 0.0358. The van der Waals surface area contributed by atoms with E-state index in [-0.39, 0.29) is 41.5 Å². The van der Waals surface area contributed by atoms with Crippen LogP contribution in [0.1, 0.15) is 37.7 Å². The number of carboxylic acids is 1. The number of pyridine rings is 1. The highest BCUT2D eigenvalue weighted by Crippen LogP contribution is 2.42. The molecule has 2 aromatic heterocycles. The second-order valence-electron chi connectivity index (χ2n) is 10.8. The molecule has 1 saturated carbocycles. The lowest BCUT2D eigenvalue weighted by molar-refractivity contribution is -0.140. The Kier molecular flexibility index (Phi) is 8.23. The number of aliphatic carboxylic acids is 1. The molecule has 2 amide bonds. The lowest BCUT2D eigenvalue weighted by atomic mass is 9.94. The maximum Gasteiger partial charge on any atom is 0.304 e. The Morgan fingerprint density at radius 2 is 1.91 bits per heavy atom. The van der Waals surface area contributed by atoms with Gasteiger partial charge in [0.25, 0.3) is 0 Å². The molecule has 1 aliphatic heterocycles. The van der Waals surface area contributed by atoms with E-state index in [0.717, 1.165) is 36.2 Å². The van der Waals surface area contributed by atoms with Crippen molar-refractivity contribution in [1.29, 1.82) is 0 Å². The molecule has 2 fully saturated rings. The number of anilines is 2. The third kappa shape index (κ3) is 6.30. The maximum atomic E-state index is 15.7. The summed E-state index contributed by atoms with van der Waals surface area (Å²) in [5.41, 5.74) is 2.67. The summed E-state index contributed by atoms with van der Waals surface area (Å²) in [7, 11) is 0. The van der Waals surface area contributed by atoms with Crippen molar-refractivity contribution in [1.82, 2.24) is 9.97 Å². The normalized spacial score (nSPS) is 15.5. The van der Waals surface area contributed by atoms with Gasteiger partial charge >= 0.3 is 5.97 Å². The highest BCUT2D eigenvalue weighted by Gasteiger charge is 2.40. The number of hydrogen-bond donors (Lipinski definition) is 1. The fourth-order valence-corrected chi connectivity index (χ4v) is 6.49. The number of carbonyl (C=O) groups is 3. The molecule has 0 radical (unpaired) electrons. The zero-order valence-electron chi connectivity index (χ0n) is 23.1. The quantitative estimate of drug-likeness (QED) is 0.214. The number of thiazole rings is 1. The van der Waals surface area contributed by atoms with Gasteiger partial charge in [-0.15, -0.1) is 0 Å². The first-order valence-corrected chi connectivity index (χ1v) is 15.3. The fourth-order valence-electron chi connectivity index (χ4n) is 5.44. The number of rotatable bonds is 10. The molecule has 0 bridgehead atoms. The Morgan fingerprint density at radius 3 is 2.56 bits per heavy atom. The van der Waals surface area contributed by atoms with E-state index < -0.39 is 17.0 Å². The highest BCUT2D eigenvalue weighted by atomic mass is 35.5. The van der Waals surface area contributed by atoms with Crippen molar-refractivity contribution in [2.45, 2.75) is 44.6 Å². The summed E-state index contributed by atoms with van der Waals surface area (Å²) in [5.74, 6) is -1.68. The number of carbonyl (C=O) groups excluding carboxylic acids is 2. The van der Waals surface area contributed by atoms with E-state index in [2.05, 4.69) is 9.97 Å². The van der Waals surface area contributed by atoms with E-state index >= 15 is 4.39 Å². The minimum Gasteiger partial charge on any atom is -0.481 e. The fraction of sp³-hybridized carbons (Fsp3) is 0.281. The van der Waals surface area contributed by atoms with Gasteiger partial charge in [-0.25, -0.2) is 9.97 Å². The number of benzene rings is 2. The number of aromatic nitrogens is 2. The van der Waals surface area contributed by atoms with Crippen molar-refractivity contribution >= 4 is 51.7 Å². The van der Waals surface area contributed by atoms with E-state index in [9.17, 15) is 19.5 Å². The van der Waals surface area contributed by atoms with Crippen LogP contribution in [0.2, 0.25) is 5.02 Å². The molecule has 1 aliphatic carbocycles. The van der Waals surface area contributed by atoms with Gasteiger partial charge in [0.05, 0.1) is 12.3 Å². The van der Waals surface area contributed by atoms with Crippen LogP contribution in [-0.4, -0.2) is 45.4 Å². The number of carboxylic acid groups (broad SMARTS) is 1. The van der Waals surface area contributed by atoms with Crippen LogP contribution in [0.15, 0.2) is 66.9 Å². The average molecular weight is 619 g/mol. The Bertz CT molecular complexity index is 1680. The van der Waals surface area contributed by atoms with E-state index in [1.807, 2.05) is 36.4 Å². The van der Waals surface area contributed by atoms with Crippen LogP contribution in [0.3, 0.4) is 0 Å². The van der Waals surface area contributed by atoms with Crippen molar-refractivity contribution in [2.24, 2.45) is 5.92 Å². The van der Waals surface area contributed by atoms with Crippen molar-refractivity contribution < 1.29 is 23.9 Å². The van der Waals surface area contributed by atoms with Crippen molar-refractivity contribution in [3.8, 4) is 22.4 Å². The standard InChI is InChI=1S/C32H28ClFN4O4S/c33-22-9-12-24(20-8-13-26(35-18-20)37-14-4-7-27(37)39)25(17-22)29-30(34)43-32(36-29)38(23-10-11-23)31(42)21(16-28(40)41)15-19-5-2-1-3-6-19/h1-3,5-6,8-9,12-13,17-18,21,23H,4,7,10-11,14-16H2,(H,40,41). The predicted octanol–water partition coefficient (Wildman–Crippen LogP) is 6.62. The van der Waals surface area contributed by atoms with Crippen LogP contribution in [0.5, 0.6) is 0 Å². The summed E-state index contributed by atoms with van der Waals surface area (Å²) in [4.78, 5) is 50.0. The second kappa shape index (κ2) is 12.2. The van der Waals surface area contributed by atoms with Crippen molar-refractivity contribution in [3.63, 3.8) is 0 Å². The first kappa shape index (κ1) is 28.9. The van der Waals surface area contributed by atoms with Gasteiger partial charge in [0.2, 0.25) is 16.9 Å². The van der Waals surface area contributed by atoms with Crippen LogP contribution in [0.25, 0.3) is 22.4 Å². The summed E-state index contributed by atoms with van der Waals surface area (Å²) in [6.45, 7) is 0.624. The zero-order chi connectivity index (χ0) is 30.1. The topological polar surface area (TPSA) is 104 Å². The van der Waals surface area contributed by atoms with Crippen LogP contribution >= 0.6 is 22.9 Å². The van der Waals surface area contributed by atoms with Crippen LogP contribution in [0.4, 0.5) is 15.3 Å². The summed E-state index contributed by atoms with van der Waals surface area (Å²) < 4.78 is 15.7. The average Bonchev–Trinajstić information content (AvgIpc) is 3.62. The van der Waals surface area contributed by atoms with E-state index in [1.165, 1.54) is 4.90 Å². The Hall–Kier alpha value is -4.15. The van der Waals surface area contributed by atoms with Crippen LogP contribution in [-0.2, 0) is 20.8 Å². The van der Waals surface area contributed by atoms with E-state index in [1.54, 1.807) is 35.4 Å². The zero-order valence-corrected chi connectivity index (χ0v) is 24.7. The van der Waals surface area contributed by atoms with E-state index in [4.69, 9.17) is 11.6 Å². The number of hydrogen-bond acceptors (Lipinski definition) is 6. The minimum atomic E-state index is -1.08. The summed E-state index contributed by atoms with van der Waals surface area (Å²) >= 11 is 7.12. The third-order valence-corrected chi connectivity index (χ3v) is 8.75. The molecular weight excluding hydrogens is 591 g/mol. The van der Waals surface area contributed by atoms with Crippen LogP contribution < -0.4 is 9.80 Å². The summed E-state index contributed by atoms with van der Waals surface area (Å²) in [6.07, 6.45) is 4.29. The Labute approximate surface area is 256 Å². The number of halogens is 2. The van der Waals surface area contributed by atoms with Crippen molar-refractivity contribution in [3.05, 3.63) is 82.6 Å². The Morgan fingerprint density at radius 1 is 1.12 bits per heavy atom.